The summed E-state index contributed by atoms with van der Waals surface area (Å²) in [6.07, 6.45) is 7.09. The first-order chi connectivity index (χ1) is 12.8. The Kier molecular flexibility index (Phi) is 5.00. The molecule has 0 atom stereocenters. The van der Waals surface area contributed by atoms with Crippen LogP contribution < -0.4 is 5.32 Å². The Morgan fingerprint density at radius 2 is 1.92 bits per heavy atom. The van der Waals surface area contributed by atoms with Crippen LogP contribution in [0.15, 0.2) is 42.5 Å². The zero-order valence-corrected chi connectivity index (χ0v) is 15.1. The van der Waals surface area contributed by atoms with Crippen LogP contribution in [0, 0.1) is 0 Å². The van der Waals surface area contributed by atoms with E-state index in [4.69, 9.17) is 0 Å². The van der Waals surface area contributed by atoms with Crippen LogP contribution >= 0.6 is 0 Å². The molecule has 0 saturated carbocycles. The predicted octanol–water partition coefficient (Wildman–Crippen LogP) is 3.73. The molecular weight excluding hydrogens is 322 g/mol. The van der Waals surface area contributed by atoms with Crippen molar-refractivity contribution in [1.29, 1.82) is 0 Å². The first-order valence-corrected chi connectivity index (χ1v) is 9.59. The number of benzene rings is 2. The van der Waals surface area contributed by atoms with E-state index < -0.39 is 0 Å². The second-order valence-corrected chi connectivity index (χ2v) is 7.14. The van der Waals surface area contributed by atoms with E-state index in [1.54, 1.807) is 0 Å². The van der Waals surface area contributed by atoms with Gasteiger partial charge in [0.15, 0.2) is 0 Å². The van der Waals surface area contributed by atoms with Gasteiger partial charge in [-0.2, -0.15) is 0 Å². The highest BCUT2D eigenvalue weighted by molar-refractivity contribution is 5.78. The van der Waals surface area contributed by atoms with Crippen LogP contribution in [0.25, 0.3) is 11.0 Å². The van der Waals surface area contributed by atoms with Crippen LogP contribution in [-0.4, -0.2) is 22.4 Å². The number of hydrogen-bond donors (Lipinski definition) is 2. The third kappa shape index (κ3) is 3.96. The molecule has 2 aromatic carbocycles. The van der Waals surface area contributed by atoms with Crippen molar-refractivity contribution in [2.24, 2.45) is 0 Å². The molecule has 0 fully saturated rings. The van der Waals surface area contributed by atoms with Gasteiger partial charge in [0.2, 0.25) is 5.91 Å². The summed E-state index contributed by atoms with van der Waals surface area (Å²) in [6.45, 7) is 0.681. The van der Waals surface area contributed by atoms with E-state index in [2.05, 4.69) is 33.5 Å². The molecule has 1 aromatic heterocycles. The first-order valence-electron chi connectivity index (χ1n) is 9.59. The molecule has 26 heavy (non-hydrogen) atoms. The number of H-pyrrole nitrogens is 1. The molecule has 1 aliphatic carbocycles. The zero-order chi connectivity index (χ0) is 17.8. The number of aromatic nitrogens is 2. The van der Waals surface area contributed by atoms with Gasteiger partial charge in [-0.15, -0.1) is 0 Å². The second kappa shape index (κ2) is 7.73. The summed E-state index contributed by atoms with van der Waals surface area (Å²) in [5, 5.41) is 3.03. The van der Waals surface area contributed by atoms with Gasteiger partial charge in [-0.1, -0.05) is 30.3 Å². The number of aromatic amines is 1. The maximum absolute atomic E-state index is 12.2. The van der Waals surface area contributed by atoms with Crippen molar-refractivity contribution >= 4 is 16.9 Å². The Labute approximate surface area is 154 Å². The van der Waals surface area contributed by atoms with E-state index in [9.17, 15) is 4.79 Å². The van der Waals surface area contributed by atoms with Gasteiger partial charge in [0, 0.05) is 13.0 Å². The first kappa shape index (κ1) is 16.8. The lowest BCUT2D eigenvalue weighted by atomic mass is 9.90. The molecule has 3 aromatic rings. The number of carbonyl (C=O) groups excluding carboxylic acids is 1. The predicted molar refractivity (Wildman–Crippen MR) is 104 cm³/mol. The van der Waals surface area contributed by atoms with E-state index in [1.165, 1.54) is 30.4 Å². The summed E-state index contributed by atoms with van der Waals surface area (Å²) in [4.78, 5) is 20.1. The molecule has 0 saturated heterocycles. The Morgan fingerprint density at radius 3 is 2.81 bits per heavy atom. The Morgan fingerprint density at radius 1 is 1.08 bits per heavy atom. The normalized spacial score (nSPS) is 13.5. The van der Waals surface area contributed by atoms with Crippen molar-refractivity contribution in [3.63, 3.8) is 0 Å². The lowest BCUT2D eigenvalue weighted by Gasteiger charge is -2.16. The number of para-hydroxylation sites is 2. The Hall–Kier alpha value is -2.62. The fourth-order valence-electron chi connectivity index (χ4n) is 3.75. The molecule has 1 aliphatic rings. The van der Waals surface area contributed by atoms with Gasteiger partial charge in [0.05, 0.1) is 17.5 Å². The van der Waals surface area contributed by atoms with Gasteiger partial charge in [-0.05, 0) is 60.9 Å². The maximum Gasteiger partial charge on any atom is 0.224 e. The molecule has 0 spiro atoms. The van der Waals surface area contributed by atoms with Crippen molar-refractivity contribution in [1.82, 2.24) is 15.3 Å². The largest absolute Gasteiger partial charge is 0.356 e. The van der Waals surface area contributed by atoms with Crippen molar-refractivity contribution in [2.45, 2.75) is 44.9 Å². The smallest absolute Gasteiger partial charge is 0.224 e. The average Bonchev–Trinajstić information content (AvgIpc) is 3.08. The fourth-order valence-corrected chi connectivity index (χ4v) is 3.75. The Bertz CT molecular complexity index is 880. The van der Waals surface area contributed by atoms with Crippen LogP contribution in [0.4, 0.5) is 0 Å². The van der Waals surface area contributed by atoms with Crippen molar-refractivity contribution < 1.29 is 4.79 Å². The van der Waals surface area contributed by atoms with Crippen molar-refractivity contribution in [3.8, 4) is 0 Å². The molecule has 4 heteroatoms. The molecular formula is C22H25N3O. The third-order valence-electron chi connectivity index (χ3n) is 5.13. The number of imidazole rings is 1. The summed E-state index contributed by atoms with van der Waals surface area (Å²) >= 11 is 0. The molecule has 4 rings (SSSR count). The SMILES string of the molecule is O=C(Cc1ccc2c(c1)CCCC2)NCCCc1nc2ccccc2[nH]1. The average molecular weight is 347 g/mol. The summed E-state index contributed by atoms with van der Waals surface area (Å²) < 4.78 is 0. The topological polar surface area (TPSA) is 57.8 Å². The van der Waals surface area contributed by atoms with Gasteiger partial charge in [-0.25, -0.2) is 4.98 Å². The number of hydrogen-bond acceptors (Lipinski definition) is 2. The number of nitrogens with one attached hydrogen (secondary N) is 2. The van der Waals surface area contributed by atoms with Crippen molar-refractivity contribution in [3.05, 3.63) is 65.0 Å². The van der Waals surface area contributed by atoms with E-state index in [0.29, 0.717) is 13.0 Å². The quantitative estimate of drug-likeness (QED) is 0.668. The standard InChI is InChI=1S/C22H25N3O/c26-22(15-16-11-12-17-6-1-2-7-18(17)14-16)23-13-5-10-21-24-19-8-3-4-9-20(19)25-21/h3-4,8-9,11-12,14H,1-2,5-7,10,13,15H2,(H,23,26)(H,24,25). The van der Waals surface area contributed by atoms with Gasteiger partial charge in [0.1, 0.15) is 5.82 Å². The molecule has 2 N–H and O–H groups in total. The summed E-state index contributed by atoms with van der Waals surface area (Å²) in [5.74, 6) is 1.08. The van der Waals surface area contributed by atoms with Crippen LogP contribution in [0.1, 0.15) is 41.8 Å². The number of nitrogens with zero attached hydrogens (tertiary/aromatic N) is 1. The zero-order valence-electron chi connectivity index (χ0n) is 15.1. The monoisotopic (exact) mass is 347 g/mol. The van der Waals surface area contributed by atoms with Gasteiger partial charge < -0.3 is 10.3 Å². The second-order valence-electron chi connectivity index (χ2n) is 7.14. The molecule has 134 valence electrons. The van der Waals surface area contributed by atoms with Gasteiger partial charge in [-0.3, -0.25) is 4.79 Å². The number of amides is 1. The van der Waals surface area contributed by atoms with Crippen molar-refractivity contribution in [2.75, 3.05) is 6.54 Å². The number of carbonyl (C=O) groups is 1. The van der Waals surface area contributed by atoms with Crippen LogP contribution in [0.5, 0.6) is 0 Å². The summed E-state index contributed by atoms with van der Waals surface area (Å²) in [5.41, 5.74) is 6.09. The lowest BCUT2D eigenvalue weighted by Crippen LogP contribution is -2.26. The van der Waals surface area contributed by atoms with E-state index in [-0.39, 0.29) is 5.91 Å². The number of aryl methyl sites for hydroxylation is 3. The van der Waals surface area contributed by atoms with Crippen LogP contribution in [0.2, 0.25) is 0 Å². The van der Waals surface area contributed by atoms with Gasteiger partial charge in [0.25, 0.3) is 0 Å². The highest BCUT2D eigenvalue weighted by Gasteiger charge is 2.11. The molecule has 4 nitrogen and oxygen atoms in total. The van der Waals surface area contributed by atoms with Crippen LogP contribution in [-0.2, 0) is 30.5 Å². The number of rotatable bonds is 6. The molecule has 0 aliphatic heterocycles. The Balaban J connectivity index is 1.24. The highest BCUT2D eigenvalue weighted by atomic mass is 16.1. The minimum absolute atomic E-state index is 0.102. The minimum atomic E-state index is 0.102. The van der Waals surface area contributed by atoms with Gasteiger partial charge >= 0.3 is 0 Å². The third-order valence-corrected chi connectivity index (χ3v) is 5.13. The molecule has 1 heterocycles. The fraction of sp³-hybridized carbons (Fsp3) is 0.364. The lowest BCUT2D eigenvalue weighted by molar-refractivity contribution is -0.120. The molecule has 0 unspecified atom stereocenters. The molecule has 0 radical (unpaired) electrons. The minimum Gasteiger partial charge on any atom is -0.356 e. The molecule has 1 amide bonds. The van der Waals surface area contributed by atoms with E-state index in [1.807, 2.05) is 24.3 Å². The summed E-state index contributed by atoms with van der Waals surface area (Å²) in [7, 11) is 0. The maximum atomic E-state index is 12.2. The van der Waals surface area contributed by atoms with E-state index in [0.717, 1.165) is 41.7 Å². The summed E-state index contributed by atoms with van der Waals surface area (Å²) in [6, 6.07) is 14.6. The van der Waals surface area contributed by atoms with E-state index >= 15 is 0 Å². The highest BCUT2D eigenvalue weighted by Crippen LogP contribution is 2.22. The molecule has 0 bridgehead atoms. The van der Waals surface area contributed by atoms with Crippen LogP contribution in [0.3, 0.4) is 0 Å². The number of fused-ring (bicyclic) bond motifs is 2.